The fraction of sp³-hybridized carbons (Fsp3) is 0.240. The molecular weight excluding hydrogens is 421 g/mol. The minimum Gasteiger partial charge on any atom is -0.504 e. The number of nitrogens with zero attached hydrogens (tertiary/aromatic N) is 4. The van der Waals surface area contributed by atoms with Crippen molar-refractivity contribution in [3.63, 3.8) is 0 Å². The Balaban J connectivity index is 1.97. The van der Waals surface area contributed by atoms with Crippen LogP contribution < -0.4 is 15.4 Å². The standard InChI is InChI=1S/C25H22FN5O2/c1-29-24-23(16-5-6-17(12-27)20(26)10-16)19(15-7-8-22(33-2)21(32)11-15)13-30-25(24)31-9-3-4-18(28)14-31/h5-8,10-11,13,18,32H,3-4,9,14,28H2,2H3/t18-/m1/s1. The van der Waals surface area contributed by atoms with E-state index in [0.717, 1.165) is 12.8 Å². The largest absolute Gasteiger partial charge is 0.504 e. The highest BCUT2D eigenvalue weighted by Crippen LogP contribution is 2.45. The summed E-state index contributed by atoms with van der Waals surface area (Å²) in [5, 5.41) is 19.4. The van der Waals surface area contributed by atoms with Gasteiger partial charge >= 0.3 is 0 Å². The summed E-state index contributed by atoms with van der Waals surface area (Å²) in [5.41, 5.74) is 8.39. The molecule has 2 aromatic carbocycles. The van der Waals surface area contributed by atoms with E-state index in [-0.39, 0.29) is 23.0 Å². The molecule has 0 bridgehead atoms. The minimum atomic E-state index is -0.673. The van der Waals surface area contributed by atoms with Crippen LogP contribution in [-0.4, -0.2) is 36.3 Å². The molecule has 0 aliphatic carbocycles. The van der Waals surface area contributed by atoms with Crippen LogP contribution in [0.3, 0.4) is 0 Å². The lowest BCUT2D eigenvalue weighted by atomic mass is 9.93. The predicted octanol–water partition coefficient (Wildman–Crippen LogP) is 4.62. The maximum Gasteiger partial charge on any atom is 0.236 e. The Labute approximate surface area is 191 Å². The summed E-state index contributed by atoms with van der Waals surface area (Å²) in [7, 11) is 1.45. The molecule has 1 aliphatic heterocycles. The van der Waals surface area contributed by atoms with Crippen molar-refractivity contribution >= 4 is 11.5 Å². The Morgan fingerprint density at radius 1 is 1.30 bits per heavy atom. The number of hydrogen-bond acceptors (Lipinski definition) is 6. The fourth-order valence-electron chi connectivity index (χ4n) is 4.16. The molecule has 1 aromatic heterocycles. The van der Waals surface area contributed by atoms with E-state index in [1.807, 2.05) is 11.0 Å². The first-order valence-corrected chi connectivity index (χ1v) is 10.4. The van der Waals surface area contributed by atoms with E-state index < -0.39 is 5.82 Å². The van der Waals surface area contributed by atoms with Crippen molar-refractivity contribution in [2.75, 3.05) is 25.1 Å². The third kappa shape index (κ3) is 4.17. The van der Waals surface area contributed by atoms with Gasteiger partial charge in [-0.15, -0.1) is 0 Å². The van der Waals surface area contributed by atoms with Gasteiger partial charge in [-0.25, -0.2) is 9.24 Å². The molecule has 3 N–H and O–H groups in total. The molecular formula is C25H22FN5O2. The van der Waals surface area contributed by atoms with Crippen LogP contribution in [0.15, 0.2) is 42.6 Å². The lowest BCUT2D eigenvalue weighted by Crippen LogP contribution is -2.43. The van der Waals surface area contributed by atoms with Crippen LogP contribution in [0.4, 0.5) is 15.9 Å². The van der Waals surface area contributed by atoms with E-state index in [9.17, 15) is 9.50 Å². The number of hydrogen-bond donors (Lipinski definition) is 2. The Morgan fingerprint density at radius 3 is 2.73 bits per heavy atom. The number of aromatic nitrogens is 1. The molecule has 1 atom stereocenters. The van der Waals surface area contributed by atoms with E-state index in [1.165, 1.54) is 25.3 Å². The molecule has 2 heterocycles. The van der Waals surface area contributed by atoms with Gasteiger partial charge in [0.15, 0.2) is 11.5 Å². The summed E-state index contributed by atoms with van der Waals surface area (Å²) in [6.07, 6.45) is 3.41. The van der Waals surface area contributed by atoms with Gasteiger partial charge in [-0.2, -0.15) is 5.26 Å². The first-order chi connectivity index (χ1) is 16.0. The number of halogens is 1. The first-order valence-electron chi connectivity index (χ1n) is 10.4. The van der Waals surface area contributed by atoms with Crippen LogP contribution >= 0.6 is 0 Å². The normalized spacial score (nSPS) is 15.5. The number of aromatic hydroxyl groups is 1. The van der Waals surface area contributed by atoms with E-state index in [2.05, 4.69) is 9.83 Å². The average molecular weight is 443 g/mol. The molecule has 7 nitrogen and oxygen atoms in total. The Morgan fingerprint density at radius 2 is 2.09 bits per heavy atom. The quantitative estimate of drug-likeness (QED) is 0.571. The van der Waals surface area contributed by atoms with Gasteiger partial charge in [0.1, 0.15) is 17.7 Å². The van der Waals surface area contributed by atoms with E-state index in [1.54, 1.807) is 24.4 Å². The zero-order valence-electron chi connectivity index (χ0n) is 18.0. The Kier molecular flexibility index (Phi) is 6.12. The topological polar surface area (TPSA) is 99.8 Å². The SMILES string of the molecule is [C-]#[N+]c1c(N2CCC[C@@H](N)C2)ncc(-c2ccc(OC)c(O)c2)c1-c1ccc(C#N)c(F)c1. The van der Waals surface area contributed by atoms with Gasteiger partial charge in [0.05, 0.1) is 19.2 Å². The number of phenolic OH excluding ortho intramolecular Hbond substituents is 1. The number of nitrogens with two attached hydrogens (primary N) is 1. The maximum absolute atomic E-state index is 14.6. The number of rotatable bonds is 4. The lowest BCUT2D eigenvalue weighted by Gasteiger charge is -2.33. The van der Waals surface area contributed by atoms with Crippen molar-refractivity contribution in [2.24, 2.45) is 5.73 Å². The van der Waals surface area contributed by atoms with Crippen molar-refractivity contribution < 1.29 is 14.2 Å². The van der Waals surface area contributed by atoms with Crippen LogP contribution in [0.25, 0.3) is 27.1 Å². The van der Waals surface area contributed by atoms with Crippen molar-refractivity contribution in [3.8, 4) is 39.8 Å². The fourth-order valence-corrected chi connectivity index (χ4v) is 4.16. The van der Waals surface area contributed by atoms with Gasteiger partial charge in [0.25, 0.3) is 0 Å². The number of phenols is 1. The highest BCUT2D eigenvalue weighted by atomic mass is 19.1. The molecule has 8 heteroatoms. The monoisotopic (exact) mass is 443 g/mol. The minimum absolute atomic E-state index is 0.0202. The molecule has 0 radical (unpaired) electrons. The van der Waals surface area contributed by atoms with Crippen LogP contribution in [0.5, 0.6) is 11.5 Å². The summed E-state index contributed by atoms with van der Waals surface area (Å²) in [4.78, 5) is 10.4. The molecule has 0 saturated carbocycles. The summed E-state index contributed by atoms with van der Waals surface area (Å²) >= 11 is 0. The third-order valence-corrected chi connectivity index (χ3v) is 5.77. The number of pyridine rings is 1. The number of anilines is 1. The number of ether oxygens (including phenoxy) is 1. The average Bonchev–Trinajstić information content (AvgIpc) is 2.83. The van der Waals surface area contributed by atoms with E-state index in [0.29, 0.717) is 46.9 Å². The number of methoxy groups -OCH3 is 1. The number of benzene rings is 2. The molecule has 4 rings (SSSR count). The van der Waals surface area contributed by atoms with Crippen molar-refractivity contribution in [1.82, 2.24) is 4.98 Å². The molecule has 0 spiro atoms. The van der Waals surface area contributed by atoms with Crippen LogP contribution in [0.1, 0.15) is 18.4 Å². The summed E-state index contributed by atoms with van der Waals surface area (Å²) in [6, 6.07) is 10.9. The molecule has 3 aromatic rings. The van der Waals surface area contributed by atoms with Gasteiger partial charge in [-0.3, -0.25) is 4.98 Å². The van der Waals surface area contributed by atoms with E-state index >= 15 is 0 Å². The van der Waals surface area contributed by atoms with Gasteiger partial charge in [-0.1, -0.05) is 12.1 Å². The van der Waals surface area contributed by atoms with Gasteiger partial charge in [-0.05, 0) is 53.8 Å². The zero-order chi connectivity index (χ0) is 23.5. The second-order valence-corrected chi connectivity index (χ2v) is 7.87. The highest BCUT2D eigenvalue weighted by molar-refractivity contribution is 5.97. The molecule has 33 heavy (non-hydrogen) atoms. The second kappa shape index (κ2) is 9.15. The lowest BCUT2D eigenvalue weighted by molar-refractivity contribution is 0.373. The molecule has 0 amide bonds. The van der Waals surface area contributed by atoms with Gasteiger partial charge in [0.2, 0.25) is 5.69 Å². The number of nitriles is 1. The second-order valence-electron chi connectivity index (χ2n) is 7.87. The molecule has 1 aliphatic rings. The van der Waals surface area contributed by atoms with Crippen LogP contribution in [-0.2, 0) is 0 Å². The molecule has 1 fully saturated rings. The maximum atomic E-state index is 14.6. The van der Waals surface area contributed by atoms with Gasteiger partial charge in [0, 0.05) is 30.9 Å². The first kappa shape index (κ1) is 22.1. The van der Waals surface area contributed by atoms with Crippen LogP contribution in [0.2, 0.25) is 0 Å². The molecule has 166 valence electrons. The van der Waals surface area contributed by atoms with Crippen LogP contribution in [0, 0.1) is 23.7 Å². The van der Waals surface area contributed by atoms with Crippen molar-refractivity contribution in [3.05, 3.63) is 65.4 Å². The Bertz CT molecular complexity index is 1300. The predicted molar refractivity (Wildman–Crippen MR) is 124 cm³/mol. The van der Waals surface area contributed by atoms with Gasteiger partial charge < -0.3 is 20.5 Å². The zero-order valence-corrected chi connectivity index (χ0v) is 18.0. The smallest absolute Gasteiger partial charge is 0.236 e. The summed E-state index contributed by atoms with van der Waals surface area (Å²) in [5.74, 6) is 0.0543. The van der Waals surface area contributed by atoms with Crippen molar-refractivity contribution in [2.45, 2.75) is 18.9 Å². The summed E-state index contributed by atoms with van der Waals surface area (Å²) in [6.45, 7) is 9.24. The Hall–Kier alpha value is -4.14. The molecule has 1 saturated heterocycles. The number of piperidine rings is 1. The third-order valence-electron chi connectivity index (χ3n) is 5.77. The summed E-state index contributed by atoms with van der Waals surface area (Å²) < 4.78 is 19.7. The van der Waals surface area contributed by atoms with Crippen molar-refractivity contribution in [1.29, 1.82) is 5.26 Å². The molecule has 0 unspecified atom stereocenters. The highest BCUT2D eigenvalue weighted by Gasteiger charge is 2.25. The van der Waals surface area contributed by atoms with E-state index in [4.69, 9.17) is 22.3 Å².